The van der Waals surface area contributed by atoms with Crippen LogP contribution in [0.2, 0.25) is 0 Å². The Labute approximate surface area is 298 Å². The molecule has 274 valence electrons. The molecule has 0 atom stereocenters. The number of rotatable bonds is 14. The van der Waals surface area contributed by atoms with Crippen LogP contribution in [0, 0.1) is 0 Å². The first kappa shape index (κ1) is 38.1. The molecule has 0 unspecified atom stereocenters. The van der Waals surface area contributed by atoms with Gasteiger partial charge >= 0.3 is 5.97 Å². The van der Waals surface area contributed by atoms with Crippen molar-refractivity contribution in [2.24, 2.45) is 0 Å². The Kier molecular flexibility index (Phi) is 10.8. The van der Waals surface area contributed by atoms with Gasteiger partial charge in [-0.1, -0.05) is 38.1 Å². The molecule has 0 aromatic heterocycles. The summed E-state index contributed by atoms with van der Waals surface area (Å²) < 4.78 is 66.1. The van der Waals surface area contributed by atoms with E-state index in [4.69, 9.17) is 4.84 Å². The molecular weight excluding hydrogens is 699 g/mol. The van der Waals surface area contributed by atoms with Gasteiger partial charge in [0.15, 0.2) is 5.71 Å². The van der Waals surface area contributed by atoms with Gasteiger partial charge in [-0.3, -0.25) is 18.7 Å². The van der Waals surface area contributed by atoms with Crippen molar-refractivity contribution in [3.63, 3.8) is 0 Å². The van der Waals surface area contributed by atoms with E-state index in [-0.39, 0.29) is 41.7 Å². The molecule has 0 saturated carbocycles. The average molecular weight is 743 g/mol. The zero-order chi connectivity index (χ0) is 37.4. The highest BCUT2D eigenvalue weighted by molar-refractivity contribution is 7.86. The van der Waals surface area contributed by atoms with Crippen LogP contribution in [0.15, 0.2) is 66.4 Å². The van der Waals surface area contributed by atoms with Gasteiger partial charge in [0.25, 0.3) is 32.1 Å². The van der Waals surface area contributed by atoms with Crippen molar-refractivity contribution in [3.05, 3.63) is 83.1 Å². The molecule has 1 saturated heterocycles. The maximum absolute atomic E-state index is 13.1. The first-order chi connectivity index (χ1) is 23.8. The Morgan fingerprint density at radius 2 is 1.49 bits per heavy atom. The number of nitrogens with zero attached hydrogens (tertiary/aromatic N) is 3. The lowest BCUT2D eigenvalue weighted by atomic mass is 9.81. The number of amides is 2. The summed E-state index contributed by atoms with van der Waals surface area (Å²) in [6, 6.07) is 13.0. The van der Waals surface area contributed by atoms with Crippen LogP contribution in [-0.2, 0) is 45.5 Å². The van der Waals surface area contributed by atoms with Gasteiger partial charge in [-0.2, -0.15) is 21.4 Å². The normalized spacial score (nSPS) is 19.1. The second-order valence-electron chi connectivity index (χ2n) is 14.0. The van der Waals surface area contributed by atoms with Gasteiger partial charge in [-0.15, -0.1) is 5.06 Å². The summed E-state index contributed by atoms with van der Waals surface area (Å²) in [5.74, 6) is -2.68. The average Bonchev–Trinajstić information content (AvgIpc) is 3.55. The van der Waals surface area contributed by atoms with Crippen molar-refractivity contribution < 1.29 is 49.7 Å². The lowest BCUT2D eigenvalue weighted by molar-refractivity contribution is -0.438. The van der Waals surface area contributed by atoms with E-state index < -0.39 is 43.4 Å². The number of unbranched alkanes of at least 4 members (excludes halogenated alkanes) is 2. The molecule has 2 aromatic carbocycles. The Morgan fingerprint density at radius 1 is 0.863 bits per heavy atom. The molecule has 0 spiro atoms. The van der Waals surface area contributed by atoms with Crippen molar-refractivity contribution in [2.45, 2.75) is 77.0 Å². The highest BCUT2D eigenvalue weighted by Gasteiger charge is 2.44. The molecule has 1 fully saturated rings. The smallest absolute Gasteiger partial charge is 0.344 e. The Bertz CT molecular complexity index is 2050. The Morgan fingerprint density at radius 3 is 2.14 bits per heavy atom. The third-order valence-corrected chi connectivity index (χ3v) is 11.3. The first-order valence-corrected chi connectivity index (χ1v) is 20.1. The molecule has 15 heteroatoms. The number of benzene rings is 2. The maximum Gasteiger partial charge on any atom is 0.363 e. The number of carbonyl (C=O) groups excluding carboxylic acids is 3. The lowest BCUT2D eigenvalue weighted by Crippen LogP contribution is -2.32. The maximum atomic E-state index is 13.1. The molecule has 0 radical (unpaired) electrons. The molecular formula is C36H44N3O10S2+. The van der Waals surface area contributed by atoms with Crippen LogP contribution in [0.4, 0.5) is 11.4 Å². The summed E-state index contributed by atoms with van der Waals surface area (Å²) in [6.45, 7) is 9.19. The molecule has 3 aliphatic rings. The van der Waals surface area contributed by atoms with Crippen molar-refractivity contribution in [1.82, 2.24) is 5.06 Å². The third-order valence-electron chi connectivity index (χ3n) is 9.68. The number of hydrogen-bond donors (Lipinski definition) is 2. The van der Waals surface area contributed by atoms with Gasteiger partial charge in [0, 0.05) is 60.3 Å². The summed E-state index contributed by atoms with van der Waals surface area (Å²) in [6.07, 6.45) is 7.41. The van der Waals surface area contributed by atoms with Crippen LogP contribution < -0.4 is 4.90 Å². The number of allylic oxidation sites excluding steroid dienone is 4. The summed E-state index contributed by atoms with van der Waals surface area (Å²) in [7, 11) is -8.19. The van der Waals surface area contributed by atoms with E-state index in [9.17, 15) is 40.3 Å². The third kappa shape index (κ3) is 8.32. The fourth-order valence-electron chi connectivity index (χ4n) is 7.06. The highest BCUT2D eigenvalue weighted by atomic mass is 32.2. The largest absolute Gasteiger partial charge is 0.363 e. The predicted octanol–water partition coefficient (Wildman–Crippen LogP) is 4.86. The van der Waals surface area contributed by atoms with Gasteiger partial charge in [0.05, 0.1) is 22.5 Å². The van der Waals surface area contributed by atoms with Crippen LogP contribution in [0.25, 0.3) is 0 Å². The standard InChI is InChI=1S/C36H43N3O10S2/c1-35(2)26-12-5-6-13-28(26)37(20-7-9-22-50(43,44)45)30(35)14-11-15-31-36(3,4)27-24-25(34(42)49-39-32(40)18-19-33(39)41)16-17-29(27)38(31)21-8-10-23-51(46,47)48/h5-6,11-17,24H,7-10,18-23H2,1-4H3,(H-,43,44,45,46,47,48)/p+1. The number of anilines is 1. The molecule has 5 rings (SSSR count). The number of fused-ring (bicyclic) bond motifs is 2. The van der Waals surface area contributed by atoms with E-state index in [0.717, 1.165) is 33.9 Å². The van der Waals surface area contributed by atoms with Gasteiger partial charge in [0.2, 0.25) is 5.69 Å². The van der Waals surface area contributed by atoms with Crippen LogP contribution in [0.5, 0.6) is 0 Å². The zero-order valence-electron chi connectivity index (χ0n) is 29.2. The molecule has 51 heavy (non-hydrogen) atoms. The van der Waals surface area contributed by atoms with Crippen molar-refractivity contribution in [3.8, 4) is 0 Å². The molecule has 3 aliphatic heterocycles. The van der Waals surface area contributed by atoms with Crippen molar-refractivity contribution in [2.75, 3.05) is 29.5 Å². The van der Waals surface area contributed by atoms with Gasteiger partial charge < -0.3 is 9.74 Å². The van der Waals surface area contributed by atoms with E-state index in [2.05, 4.69) is 29.4 Å². The number of hydrogen-bond acceptors (Lipinski definition) is 9. The molecule has 0 aliphatic carbocycles. The second kappa shape index (κ2) is 14.4. The zero-order valence-corrected chi connectivity index (χ0v) is 30.8. The molecule has 3 heterocycles. The van der Waals surface area contributed by atoms with Crippen molar-refractivity contribution in [1.29, 1.82) is 0 Å². The summed E-state index contributed by atoms with van der Waals surface area (Å²) in [5.41, 5.74) is 4.69. The Balaban J connectivity index is 1.48. The van der Waals surface area contributed by atoms with Gasteiger partial charge in [0.1, 0.15) is 6.54 Å². The fourth-order valence-corrected chi connectivity index (χ4v) is 8.20. The molecule has 2 amide bonds. The Hall–Kier alpha value is -4.18. The number of para-hydroxylation sites is 1. The quantitative estimate of drug-likeness (QED) is 0.117. The minimum Gasteiger partial charge on any atom is -0.344 e. The lowest BCUT2D eigenvalue weighted by Gasteiger charge is -2.27. The second-order valence-corrected chi connectivity index (χ2v) is 17.2. The van der Waals surface area contributed by atoms with E-state index >= 15 is 0 Å². The fraction of sp³-hybridized carbons (Fsp3) is 0.444. The number of carbonyl (C=O) groups is 3. The van der Waals surface area contributed by atoms with Crippen molar-refractivity contribution >= 4 is 55.1 Å². The van der Waals surface area contributed by atoms with Crippen LogP contribution in [0.3, 0.4) is 0 Å². The summed E-state index contributed by atoms with van der Waals surface area (Å²) >= 11 is 0. The van der Waals surface area contributed by atoms with E-state index in [1.807, 2.05) is 50.3 Å². The van der Waals surface area contributed by atoms with E-state index in [0.29, 0.717) is 37.4 Å². The minimum atomic E-state index is -4.13. The predicted molar refractivity (Wildman–Crippen MR) is 191 cm³/mol. The summed E-state index contributed by atoms with van der Waals surface area (Å²) in [5, 5.41) is 0.511. The minimum absolute atomic E-state index is 0.0221. The number of imide groups is 1. The monoisotopic (exact) mass is 742 g/mol. The van der Waals surface area contributed by atoms with Crippen LogP contribution in [0.1, 0.15) is 87.7 Å². The van der Waals surface area contributed by atoms with Crippen LogP contribution >= 0.6 is 0 Å². The SMILES string of the molecule is CC1(C)C(/C=C/C=C2/N(CCCCS(=O)(=O)O)c3ccc(C(=O)ON4C(=O)CCC4=O)cc3C2(C)C)=[N+](CCCCS(=O)(=O)O)c2ccccc21. The van der Waals surface area contributed by atoms with E-state index in [1.54, 1.807) is 18.2 Å². The van der Waals surface area contributed by atoms with Gasteiger partial charge in [-0.25, -0.2) is 4.79 Å². The molecule has 0 bridgehead atoms. The summed E-state index contributed by atoms with van der Waals surface area (Å²) in [4.78, 5) is 44.4. The topological polar surface area (TPSA) is 179 Å². The van der Waals surface area contributed by atoms with E-state index in [1.165, 1.54) is 0 Å². The molecule has 2 aromatic rings. The van der Waals surface area contributed by atoms with Crippen LogP contribution in [-0.4, -0.2) is 83.7 Å². The van der Waals surface area contributed by atoms with Gasteiger partial charge in [-0.05, 0) is 62.9 Å². The number of hydroxylamine groups is 2. The highest BCUT2D eigenvalue weighted by Crippen LogP contribution is 2.48. The first-order valence-electron chi connectivity index (χ1n) is 16.8. The molecule has 13 nitrogen and oxygen atoms in total. The molecule has 2 N–H and O–H groups in total.